The standard InChI is InChI=1S/C15H17NO4/c1-9-6-11-7-10(2-3-14(11)20-9)15(18)16-12-4-5-19-8-13(12)17/h2-3,6-7,12-13,17H,4-5,8H2,1H3,(H,16,18)/t12-,13-/m1/s1. The number of carbonyl (C=O) groups is 1. The van der Waals surface area contributed by atoms with Crippen LogP contribution in [0.15, 0.2) is 28.7 Å². The normalized spacial score (nSPS) is 22.9. The number of ether oxygens (including phenoxy) is 1. The first-order valence-corrected chi connectivity index (χ1v) is 6.70. The fourth-order valence-corrected chi connectivity index (χ4v) is 2.46. The van der Waals surface area contributed by atoms with Crippen molar-refractivity contribution >= 4 is 16.9 Å². The van der Waals surface area contributed by atoms with Crippen molar-refractivity contribution < 1.29 is 19.1 Å². The Hall–Kier alpha value is -1.85. The Kier molecular flexibility index (Phi) is 3.46. The van der Waals surface area contributed by atoms with Crippen molar-refractivity contribution in [3.05, 3.63) is 35.6 Å². The van der Waals surface area contributed by atoms with Gasteiger partial charge in [0, 0.05) is 17.6 Å². The zero-order valence-electron chi connectivity index (χ0n) is 11.3. The van der Waals surface area contributed by atoms with Crippen LogP contribution in [0.5, 0.6) is 0 Å². The number of benzene rings is 1. The Morgan fingerprint density at radius 3 is 3.05 bits per heavy atom. The molecule has 0 aliphatic carbocycles. The van der Waals surface area contributed by atoms with Crippen LogP contribution in [0, 0.1) is 6.92 Å². The van der Waals surface area contributed by atoms with Gasteiger partial charge in [0.15, 0.2) is 0 Å². The largest absolute Gasteiger partial charge is 0.461 e. The number of carbonyl (C=O) groups excluding carboxylic acids is 1. The molecule has 2 heterocycles. The minimum atomic E-state index is -0.646. The van der Waals surface area contributed by atoms with Crippen LogP contribution >= 0.6 is 0 Å². The van der Waals surface area contributed by atoms with E-state index in [1.807, 2.05) is 13.0 Å². The van der Waals surface area contributed by atoms with Gasteiger partial charge in [0.05, 0.1) is 18.8 Å². The molecule has 106 valence electrons. The van der Waals surface area contributed by atoms with Crippen LogP contribution in [0.2, 0.25) is 0 Å². The Morgan fingerprint density at radius 2 is 2.25 bits per heavy atom. The van der Waals surface area contributed by atoms with Gasteiger partial charge >= 0.3 is 0 Å². The van der Waals surface area contributed by atoms with E-state index >= 15 is 0 Å². The molecule has 1 fully saturated rings. The number of hydrogen-bond acceptors (Lipinski definition) is 4. The molecular weight excluding hydrogens is 258 g/mol. The summed E-state index contributed by atoms with van der Waals surface area (Å²) in [6, 6.07) is 6.96. The monoisotopic (exact) mass is 275 g/mol. The molecule has 5 nitrogen and oxygen atoms in total. The van der Waals surface area contributed by atoms with E-state index in [1.165, 1.54) is 0 Å². The number of aryl methyl sites for hydroxylation is 1. The van der Waals surface area contributed by atoms with Crippen molar-refractivity contribution in [2.45, 2.75) is 25.5 Å². The molecule has 1 amide bonds. The van der Waals surface area contributed by atoms with E-state index in [0.717, 1.165) is 16.7 Å². The number of nitrogens with one attached hydrogen (secondary N) is 1. The Morgan fingerprint density at radius 1 is 1.40 bits per heavy atom. The fourth-order valence-electron chi connectivity index (χ4n) is 2.46. The zero-order valence-corrected chi connectivity index (χ0v) is 11.3. The molecule has 0 unspecified atom stereocenters. The predicted molar refractivity (Wildman–Crippen MR) is 73.6 cm³/mol. The second-order valence-corrected chi connectivity index (χ2v) is 5.12. The lowest BCUT2D eigenvalue weighted by Gasteiger charge is -2.28. The van der Waals surface area contributed by atoms with E-state index in [1.54, 1.807) is 18.2 Å². The molecule has 2 atom stereocenters. The van der Waals surface area contributed by atoms with Gasteiger partial charge in [-0.15, -0.1) is 0 Å². The maximum Gasteiger partial charge on any atom is 0.251 e. The Balaban J connectivity index is 1.77. The molecule has 2 aromatic rings. The second kappa shape index (κ2) is 5.26. The summed E-state index contributed by atoms with van der Waals surface area (Å²) >= 11 is 0. The number of fused-ring (bicyclic) bond motifs is 1. The molecule has 1 aliphatic heterocycles. The van der Waals surface area contributed by atoms with Crippen LogP contribution in [-0.2, 0) is 4.74 Å². The number of amides is 1. The van der Waals surface area contributed by atoms with Gasteiger partial charge in [-0.2, -0.15) is 0 Å². The molecule has 0 spiro atoms. The maximum atomic E-state index is 12.2. The molecular formula is C15H17NO4. The summed E-state index contributed by atoms with van der Waals surface area (Å²) in [6.07, 6.45) is -0.0208. The first-order chi connectivity index (χ1) is 9.63. The molecule has 3 rings (SSSR count). The fraction of sp³-hybridized carbons (Fsp3) is 0.400. The van der Waals surface area contributed by atoms with Crippen molar-refractivity contribution in [3.8, 4) is 0 Å². The lowest BCUT2D eigenvalue weighted by molar-refractivity contribution is -0.0260. The maximum absolute atomic E-state index is 12.2. The molecule has 1 aromatic carbocycles. The highest BCUT2D eigenvalue weighted by Crippen LogP contribution is 2.20. The molecule has 1 aromatic heterocycles. The number of aliphatic hydroxyl groups excluding tert-OH is 1. The Labute approximate surface area is 116 Å². The quantitative estimate of drug-likeness (QED) is 0.873. The van der Waals surface area contributed by atoms with Gasteiger partial charge < -0.3 is 19.6 Å². The smallest absolute Gasteiger partial charge is 0.251 e. The molecule has 0 bridgehead atoms. The summed E-state index contributed by atoms with van der Waals surface area (Å²) in [5, 5.41) is 13.5. The van der Waals surface area contributed by atoms with Crippen LogP contribution in [-0.4, -0.2) is 36.4 Å². The van der Waals surface area contributed by atoms with Gasteiger partial charge in [0.1, 0.15) is 11.3 Å². The summed E-state index contributed by atoms with van der Waals surface area (Å²) in [5.41, 5.74) is 1.34. The van der Waals surface area contributed by atoms with Gasteiger partial charge in [-0.3, -0.25) is 4.79 Å². The first-order valence-electron chi connectivity index (χ1n) is 6.70. The van der Waals surface area contributed by atoms with Crippen molar-refractivity contribution in [1.82, 2.24) is 5.32 Å². The summed E-state index contributed by atoms with van der Waals surface area (Å²) in [7, 11) is 0. The predicted octanol–water partition coefficient (Wildman–Crippen LogP) is 1.62. The summed E-state index contributed by atoms with van der Waals surface area (Å²) < 4.78 is 10.6. The third-order valence-electron chi connectivity index (χ3n) is 3.54. The topological polar surface area (TPSA) is 71.7 Å². The van der Waals surface area contributed by atoms with E-state index in [9.17, 15) is 9.90 Å². The van der Waals surface area contributed by atoms with E-state index < -0.39 is 6.10 Å². The average molecular weight is 275 g/mol. The van der Waals surface area contributed by atoms with Crippen molar-refractivity contribution in [1.29, 1.82) is 0 Å². The van der Waals surface area contributed by atoms with Crippen molar-refractivity contribution in [2.24, 2.45) is 0 Å². The molecule has 1 saturated heterocycles. The lowest BCUT2D eigenvalue weighted by Crippen LogP contribution is -2.48. The van der Waals surface area contributed by atoms with E-state index in [-0.39, 0.29) is 18.6 Å². The highest BCUT2D eigenvalue weighted by Gasteiger charge is 2.25. The first kappa shape index (κ1) is 13.1. The minimum absolute atomic E-state index is 0.184. The summed E-state index contributed by atoms with van der Waals surface area (Å²) in [5.74, 6) is 0.633. The highest BCUT2D eigenvalue weighted by atomic mass is 16.5. The van der Waals surface area contributed by atoms with Crippen LogP contribution in [0.1, 0.15) is 22.5 Å². The number of rotatable bonds is 2. The van der Waals surface area contributed by atoms with Gasteiger partial charge in [-0.25, -0.2) is 0 Å². The van der Waals surface area contributed by atoms with Crippen LogP contribution in [0.3, 0.4) is 0 Å². The minimum Gasteiger partial charge on any atom is -0.461 e. The molecule has 20 heavy (non-hydrogen) atoms. The lowest BCUT2D eigenvalue weighted by atomic mass is 10.1. The Bertz CT molecular complexity index is 634. The van der Waals surface area contributed by atoms with Gasteiger partial charge in [-0.1, -0.05) is 0 Å². The van der Waals surface area contributed by atoms with E-state index in [2.05, 4.69) is 5.32 Å². The van der Waals surface area contributed by atoms with Gasteiger partial charge in [-0.05, 0) is 37.6 Å². The average Bonchev–Trinajstić information content (AvgIpc) is 2.80. The third kappa shape index (κ3) is 2.55. The van der Waals surface area contributed by atoms with Crippen LogP contribution in [0.25, 0.3) is 11.0 Å². The highest BCUT2D eigenvalue weighted by molar-refractivity contribution is 5.98. The van der Waals surface area contributed by atoms with E-state index in [4.69, 9.17) is 9.15 Å². The number of hydrogen-bond donors (Lipinski definition) is 2. The summed E-state index contributed by atoms with van der Waals surface area (Å²) in [6.45, 7) is 2.70. The molecule has 0 radical (unpaired) electrons. The molecule has 2 N–H and O–H groups in total. The molecule has 0 saturated carbocycles. The van der Waals surface area contributed by atoms with Crippen LogP contribution in [0.4, 0.5) is 0 Å². The van der Waals surface area contributed by atoms with E-state index in [0.29, 0.717) is 18.6 Å². The van der Waals surface area contributed by atoms with Gasteiger partial charge in [0.25, 0.3) is 5.91 Å². The SMILES string of the molecule is Cc1cc2cc(C(=O)N[C@@H]3CCOC[C@H]3O)ccc2o1. The van der Waals surface area contributed by atoms with Crippen molar-refractivity contribution in [2.75, 3.05) is 13.2 Å². The van der Waals surface area contributed by atoms with Crippen molar-refractivity contribution in [3.63, 3.8) is 0 Å². The molecule has 1 aliphatic rings. The number of aliphatic hydroxyl groups is 1. The van der Waals surface area contributed by atoms with Crippen LogP contribution < -0.4 is 5.32 Å². The zero-order chi connectivity index (χ0) is 14.1. The second-order valence-electron chi connectivity index (χ2n) is 5.12. The van der Waals surface area contributed by atoms with Gasteiger partial charge in [0.2, 0.25) is 0 Å². The summed E-state index contributed by atoms with van der Waals surface area (Å²) in [4.78, 5) is 12.2. The third-order valence-corrected chi connectivity index (χ3v) is 3.54. The molecule has 5 heteroatoms. The number of furan rings is 1.